The van der Waals surface area contributed by atoms with Crippen LogP contribution >= 0.6 is 0 Å². The molecule has 104 valence electrons. The summed E-state index contributed by atoms with van der Waals surface area (Å²) in [5, 5.41) is 0. The summed E-state index contributed by atoms with van der Waals surface area (Å²) in [5.41, 5.74) is 0. The van der Waals surface area contributed by atoms with E-state index in [0.717, 1.165) is 19.3 Å². The maximum atomic E-state index is 11.8. The summed E-state index contributed by atoms with van der Waals surface area (Å²) in [4.78, 5) is 25.2. The highest BCUT2D eigenvalue weighted by Gasteiger charge is 2.29. The summed E-state index contributed by atoms with van der Waals surface area (Å²) in [7, 11) is 0. The Morgan fingerprint density at radius 1 is 1.33 bits per heavy atom. The molecule has 5 nitrogen and oxygen atoms in total. The van der Waals surface area contributed by atoms with Gasteiger partial charge in [-0.3, -0.25) is 9.59 Å². The minimum atomic E-state index is -0.190. The summed E-state index contributed by atoms with van der Waals surface area (Å²) in [6.07, 6.45) is 2.56. The molecule has 1 amide bonds. The van der Waals surface area contributed by atoms with Gasteiger partial charge in [0.1, 0.15) is 6.61 Å². The van der Waals surface area contributed by atoms with Crippen LogP contribution in [-0.4, -0.2) is 49.7 Å². The summed E-state index contributed by atoms with van der Waals surface area (Å²) >= 11 is 0. The van der Waals surface area contributed by atoms with Crippen molar-refractivity contribution in [3.63, 3.8) is 0 Å². The number of rotatable bonds is 6. The van der Waals surface area contributed by atoms with E-state index in [-0.39, 0.29) is 24.4 Å². The first kappa shape index (κ1) is 15.0. The Bertz CT molecular complexity index is 280. The molecule has 1 atom stereocenters. The first-order chi connectivity index (χ1) is 8.69. The molecular formula is C13H23NO4. The number of likely N-dealkylation sites (tertiary alicyclic amines) is 1. The zero-order valence-corrected chi connectivity index (χ0v) is 11.3. The van der Waals surface area contributed by atoms with Gasteiger partial charge >= 0.3 is 5.97 Å². The highest BCUT2D eigenvalue weighted by Crippen LogP contribution is 2.18. The zero-order chi connectivity index (χ0) is 13.4. The molecule has 0 aliphatic carbocycles. The molecule has 5 heteroatoms. The maximum absolute atomic E-state index is 11.8. The van der Waals surface area contributed by atoms with Gasteiger partial charge in [0, 0.05) is 19.7 Å². The Morgan fingerprint density at radius 3 is 2.78 bits per heavy atom. The van der Waals surface area contributed by atoms with Crippen molar-refractivity contribution < 1.29 is 19.1 Å². The van der Waals surface area contributed by atoms with Crippen LogP contribution in [0.1, 0.15) is 33.1 Å². The number of hydrogen-bond donors (Lipinski definition) is 0. The fourth-order valence-electron chi connectivity index (χ4n) is 2.05. The first-order valence-corrected chi connectivity index (χ1v) is 6.71. The number of esters is 1. The third-order valence-corrected chi connectivity index (χ3v) is 2.97. The van der Waals surface area contributed by atoms with E-state index in [4.69, 9.17) is 9.47 Å². The molecule has 0 bridgehead atoms. The molecule has 0 N–H and O–H groups in total. The van der Waals surface area contributed by atoms with Crippen LogP contribution in [-0.2, 0) is 19.1 Å². The fourth-order valence-corrected chi connectivity index (χ4v) is 2.05. The molecule has 1 saturated heterocycles. The molecule has 0 spiro atoms. The van der Waals surface area contributed by atoms with Crippen LogP contribution in [0.15, 0.2) is 0 Å². The van der Waals surface area contributed by atoms with Gasteiger partial charge in [0.15, 0.2) is 0 Å². The largest absolute Gasteiger partial charge is 0.466 e. The zero-order valence-electron chi connectivity index (χ0n) is 11.3. The Labute approximate surface area is 108 Å². The van der Waals surface area contributed by atoms with Gasteiger partial charge in [-0.05, 0) is 26.2 Å². The lowest BCUT2D eigenvalue weighted by Crippen LogP contribution is -2.44. The number of ether oxygens (including phenoxy) is 2. The van der Waals surface area contributed by atoms with Crippen molar-refractivity contribution in [1.29, 1.82) is 0 Å². The van der Waals surface area contributed by atoms with Crippen molar-refractivity contribution >= 4 is 11.9 Å². The number of carbonyl (C=O) groups excluding carboxylic acids is 2. The van der Waals surface area contributed by atoms with Crippen LogP contribution < -0.4 is 0 Å². The van der Waals surface area contributed by atoms with Gasteiger partial charge in [0.2, 0.25) is 5.91 Å². The van der Waals surface area contributed by atoms with Gasteiger partial charge in [-0.1, -0.05) is 6.92 Å². The van der Waals surface area contributed by atoms with Crippen molar-refractivity contribution in [3.8, 4) is 0 Å². The van der Waals surface area contributed by atoms with Gasteiger partial charge < -0.3 is 14.4 Å². The Morgan fingerprint density at radius 2 is 2.11 bits per heavy atom. The van der Waals surface area contributed by atoms with E-state index in [9.17, 15) is 9.59 Å². The standard InChI is InChI=1S/C13H23NO4/c1-3-8-17-10-12(15)14-7-5-6-11(9-14)13(16)18-4-2/h11H,3-10H2,1-2H3/t11-/m0/s1. The predicted octanol–water partition coefficient (Wildman–Crippen LogP) is 1.21. The van der Waals surface area contributed by atoms with E-state index in [1.165, 1.54) is 0 Å². The van der Waals surface area contributed by atoms with Crippen LogP contribution in [0.5, 0.6) is 0 Å². The van der Waals surface area contributed by atoms with Crippen molar-refractivity contribution in [1.82, 2.24) is 4.90 Å². The number of nitrogens with zero attached hydrogens (tertiary/aromatic N) is 1. The van der Waals surface area contributed by atoms with E-state index in [1.54, 1.807) is 11.8 Å². The van der Waals surface area contributed by atoms with Crippen LogP contribution in [0.2, 0.25) is 0 Å². The molecule has 1 aliphatic rings. The van der Waals surface area contributed by atoms with Crippen LogP contribution in [0.25, 0.3) is 0 Å². The molecule has 0 aromatic heterocycles. The highest BCUT2D eigenvalue weighted by molar-refractivity contribution is 5.79. The smallest absolute Gasteiger partial charge is 0.310 e. The van der Waals surface area contributed by atoms with E-state index in [1.807, 2.05) is 6.92 Å². The van der Waals surface area contributed by atoms with E-state index >= 15 is 0 Å². The SMILES string of the molecule is CCCOCC(=O)N1CCC[C@H](C(=O)OCC)C1. The second-order valence-corrected chi connectivity index (χ2v) is 4.48. The second kappa shape index (κ2) is 8.08. The predicted molar refractivity (Wildman–Crippen MR) is 67.0 cm³/mol. The topological polar surface area (TPSA) is 55.8 Å². The lowest BCUT2D eigenvalue weighted by Gasteiger charge is -2.31. The molecule has 1 rings (SSSR count). The van der Waals surface area contributed by atoms with Gasteiger partial charge in [-0.15, -0.1) is 0 Å². The molecule has 0 unspecified atom stereocenters. The monoisotopic (exact) mass is 257 g/mol. The Kier molecular flexibility index (Phi) is 6.72. The summed E-state index contributed by atoms with van der Waals surface area (Å²) < 4.78 is 10.2. The van der Waals surface area contributed by atoms with Gasteiger partial charge in [-0.25, -0.2) is 0 Å². The average molecular weight is 257 g/mol. The van der Waals surface area contributed by atoms with E-state index < -0.39 is 0 Å². The number of carbonyl (C=O) groups is 2. The quantitative estimate of drug-likeness (QED) is 0.530. The van der Waals surface area contributed by atoms with Crippen LogP contribution in [0, 0.1) is 5.92 Å². The molecule has 1 heterocycles. The Balaban J connectivity index is 2.38. The van der Waals surface area contributed by atoms with E-state index in [2.05, 4.69) is 0 Å². The van der Waals surface area contributed by atoms with Gasteiger partial charge in [-0.2, -0.15) is 0 Å². The molecule has 1 fully saturated rings. The van der Waals surface area contributed by atoms with Crippen LogP contribution in [0.4, 0.5) is 0 Å². The van der Waals surface area contributed by atoms with Crippen molar-refractivity contribution in [2.24, 2.45) is 5.92 Å². The molecule has 0 aromatic carbocycles. The molecule has 0 radical (unpaired) electrons. The minimum Gasteiger partial charge on any atom is -0.466 e. The molecule has 0 aromatic rings. The first-order valence-electron chi connectivity index (χ1n) is 6.71. The van der Waals surface area contributed by atoms with E-state index in [0.29, 0.717) is 26.3 Å². The van der Waals surface area contributed by atoms with Gasteiger partial charge in [0.25, 0.3) is 0 Å². The van der Waals surface area contributed by atoms with Crippen molar-refractivity contribution in [2.45, 2.75) is 33.1 Å². The lowest BCUT2D eigenvalue weighted by atomic mass is 9.98. The molecule has 18 heavy (non-hydrogen) atoms. The normalized spacial score (nSPS) is 19.7. The summed E-state index contributed by atoms with van der Waals surface area (Å²) in [6, 6.07) is 0. The van der Waals surface area contributed by atoms with Gasteiger partial charge in [0.05, 0.1) is 12.5 Å². The average Bonchev–Trinajstić information content (AvgIpc) is 2.39. The van der Waals surface area contributed by atoms with Crippen molar-refractivity contribution in [2.75, 3.05) is 32.9 Å². The molecule has 0 saturated carbocycles. The third-order valence-electron chi connectivity index (χ3n) is 2.97. The fraction of sp³-hybridized carbons (Fsp3) is 0.846. The molecular weight excluding hydrogens is 234 g/mol. The second-order valence-electron chi connectivity index (χ2n) is 4.48. The third kappa shape index (κ3) is 4.64. The summed E-state index contributed by atoms with van der Waals surface area (Å²) in [6.45, 7) is 6.08. The van der Waals surface area contributed by atoms with Crippen molar-refractivity contribution in [3.05, 3.63) is 0 Å². The summed E-state index contributed by atoms with van der Waals surface area (Å²) in [5.74, 6) is -0.393. The maximum Gasteiger partial charge on any atom is 0.310 e. The Hall–Kier alpha value is -1.10. The molecule has 1 aliphatic heterocycles. The lowest BCUT2D eigenvalue weighted by molar-refractivity contribution is -0.152. The highest BCUT2D eigenvalue weighted by atomic mass is 16.5. The number of amides is 1. The minimum absolute atomic E-state index is 0.0301. The number of hydrogen-bond acceptors (Lipinski definition) is 4. The number of piperidine rings is 1. The van der Waals surface area contributed by atoms with Crippen LogP contribution in [0.3, 0.4) is 0 Å².